The van der Waals surface area contributed by atoms with Crippen molar-refractivity contribution in [3.05, 3.63) is 22.1 Å². The topological polar surface area (TPSA) is 26.9 Å². The Morgan fingerprint density at radius 1 is 1.40 bits per heavy atom. The van der Waals surface area contributed by atoms with Crippen LogP contribution in [-0.2, 0) is 33.6 Å². The van der Waals surface area contributed by atoms with Gasteiger partial charge in [0.1, 0.15) is 5.56 Å². The van der Waals surface area contributed by atoms with Gasteiger partial charge in [-0.25, -0.2) is 0 Å². The van der Waals surface area contributed by atoms with Crippen LogP contribution in [0.2, 0.25) is 0 Å². The van der Waals surface area contributed by atoms with E-state index in [2.05, 4.69) is 6.20 Å². The smallest absolute Gasteiger partial charge is 0.109 e. The number of aromatic nitrogens is 2. The minimum absolute atomic E-state index is 0. The molecular formula is C6H9N2ORh-. The molecule has 0 bridgehead atoms. The maximum atomic E-state index is 10.9. The van der Waals surface area contributed by atoms with E-state index in [-0.39, 0.29) is 25.0 Å². The van der Waals surface area contributed by atoms with Gasteiger partial charge >= 0.3 is 0 Å². The Bertz CT molecular complexity index is 274. The summed E-state index contributed by atoms with van der Waals surface area (Å²) in [5.41, 5.74) is 0.692. The van der Waals surface area contributed by atoms with Crippen LogP contribution < -0.4 is 5.56 Å². The second-order valence-electron chi connectivity index (χ2n) is 2.09. The van der Waals surface area contributed by atoms with Gasteiger partial charge in [0.05, 0.1) is 0 Å². The Balaban J connectivity index is 0.000000810. The predicted octanol–water partition coefficient (Wildman–Crippen LogP) is -0.170. The molecule has 0 N–H and O–H groups in total. The third kappa shape index (κ3) is 1.37. The second-order valence-corrected chi connectivity index (χ2v) is 2.09. The van der Waals surface area contributed by atoms with Crippen molar-refractivity contribution >= 4 is 0 Å². The van der Waals surface area contributed by atoms with Crippen LogP contribution in [0.5, 0.6) is 0 Å². The van der Waals surface area contributed by atoms with Crippen LogP contribution in [0.15, 0.2) is 4.79 Å². The van der Waals surface area contributed by atoms with Crippen molar-refractivity contribution in [1.29, 1.82) is 0 Å². The van der Waals surface area contributed by atoms with Crippen LogP contribution in [0.25, 0.3) is 0 Å². The van der Waals surface area contributed by atoms with Gasteiger partial charge in [0.25, 0.3) is 0 Å². The standard InChI is InChI=1S/C6H9N2O.Rh/c1-5-4-7(2)8(3)6(5)9;/h1-3H3;/q-1;. The minimum atomic E-state index is 0. The van der Waals surface area contributed by atoms with Crippen LogP contribution in [0.4, 0.5) is 0 Å². The summed E-state index contributed by atoms with van der Waals surface area (Å²) in [6, 6.07) is 0. The summed E-state index contributed by atoms with van der Waals surface area (Å²) in [5.74, 6) is 0. The molecule has 0 fully saturated rings. The molecule has 0 unspecified atom stereocenters. The fourth-order valence-electron chi connectivity index (χ4n) is 0.744. The van der Waals surface area contributed by atoms with Gasteiger partial charge in [-0.1, -0.05) is 6.92 Å². The maximum Gasteiger partial charge on any atom is 0.109 e. The van der Waals surface area contributed by atoms with Crippen LogP contribution >= 0.6 is 0 Å². The molecule has 0 spiro atoms. The first-order chi connectivity index (χ1) is 4.13. The Morgan fingerprint density at radius 2 is 1.90 bits per heavy atom. The molecule has 0 aliphatic carbocycles. The molecular weight excluding hydrogens is 219 g/mol. The van der Waals surface area contributed by atoms with Crippen molar-refractivity contribution in [3.63, 3.8) is 0 Å². The molecule has 4 heteroatoms. The van der Waals surface area contributed by atoms with Gasteiger partial charge < -0.3 is 14.2 Å². The van der Waals surface area contributed by atoms with Crippen molar-refractivity contribution in [1.82, 2.24) is 9.36 Å². The SMILES string of the molecule is Cc1[c-]n(C)n(C)c1=O.[Rh]. The summed E-state index contributed by atoms with van der Waals surface area (Å²) in [6.07, 6.45) is 2.84. The van der Waals surface area contributed by atoms with Gasteiger partial charge in [-0.3, -0.25) is 0 Å². The van der Waals surface area contributed by atoms with Crippen molar-refractivity contribution in [3.8, 4) is 0 Å². The molecule has 0 amide bonds. The number of rotatable bonds is 0. The summed E-state index contributed by atoms with van der Waals surface area (Å²) < 4.78 is 3.15. The van der Waals surface area contributed by atoms with E-state index in [1.807, 2.05) is 0 Å². The largest absolute Gasteiger partial charge is 0.395 e. The molecule has 0 saturated carbocycles. The van der Waals surface area contributed by atoms with Gasteiger partial charge in [0.2, 0.25) is 0 Å². The Kier molecular flexibility index (Phi) is 3.04. The van der Waals surface area contributed by atoms with Crippen LogP contribution in [-0.4, -0.2) is 9.36 Å². The van der Waals surface area contributed by atoms with E-state index in [0.717, 1.165) is 0 Å². The van der Waals surface area contributed by atoms with Crippen LogP contribution in [0.3, 0.4) is 0 Å². The van der Waals surface area contributed by atoms with Gasteiger partial charge in [-0.15, -0.1) is 11.8 Å². The van der Waals surface area contributed by atoms with Crippen LogP contribution in [0.1, 0.15) is 5.56 Å². The molecule has 1 rings (SSSR count). The van der Waals surface area contributed by atoms with Gasteiger partial charge in [-0.2, -0.15) is 0 Å². The van der Waals surface area contributed by atoms with Crippen molar-refractivity contribution in [2.45, 2.75) is 6.92 Å². The molecule has 0 saturated heterocycles. The molecule has 0 aliphatic heterocycles. The van der Waals surface area contributed by atoms with E-state index < -0.39 is 0 Å². The molecule has 3 nitrogen and oxygen atoms in total. The number of hydrogen-bond donors (Lipinski definition) is 0. The number of aryl methyl sites for hydroxylation is 2. The van der Waals surface area contributed by atoms with Crippen LogP contribution in [0, 0.1) is 13.1 Å². The molecule has 0 atom stereocenters. The average molecular weight is 228 g/mol. The monoisotopic (exact) mass is 228 g/mol. The summed E-state index contributed by atoms with van der Waals surface area (Å²) in [4.78, 5) is 10.9. The van der Waals surface area contributed by atoms with Crippen molar-refractivity contribution < 1.29 is 19.5 Å². The molecule has 1 aromatic heterocycles. The first-order valence-electron chi connectivity index (χ1n) is 2.75. The molecule has 1 radical (unpaired) electrons. The van der Waals surface area contributed by atoms with E-state index in [9.17, 15) is 4.79 Å². The molecule has 1 aromatic rings. The third-order valence-corrected chi connectivity index (χ3v) is 1.39. The summed E-state index contributed by atoms with van der Waals surface area (Å²) >= 11 is 0. The van der Waals surface area contributed by atoms with Gasteiger partial charge in [0.15, 0.2) is 0 Å². The van der Waals surface area contributed by atoms with Gasteiger partial charge in [-0.05, 0) is 0 Å². The first-order valence-corrected chi connectivity index (χ1v) is 2.75. The number of nitrogens with zero attached hydrogens (tertiary/aromatic N) is 2. The zero-order valence-electron chi connectivity index (χ0n) is 6.14. The van der Waals surface area contributed by atoms with Crippen molar-refractivity contribution in [2.75, 3.05) is 0 Å². The Morgan fingerprint density at radius 3 is 2.00 bits per heavy atom. The summed E-state index contributed by atoms with van der Waals surface area (Å²) in [6.45, 7) is 1.75. The second kappa shape index (κ2) is 3.15. The quantitative estimate of drug-likeness (QED) is 0.447. The Labute approximate surface area is 72.4 Å². The van der Waals surface area contributed by atoms with E-state index >= 15 is 0 Å². The van der Waals surface area contributed by atoms with E-state index in [4.69, 9.17) is 0 Å². The maximum absolute atomic E-state index is 10.9. The minimum Gasteiger partial charge on any atom is -0.395 e. The normalized spacial score (nSPS) is 9.10. The zero-order valence-corrected chi connectivity index (χ0v) is 7.77. The van der Waals surface area contributed by atoms with E-state index in [1.54, 1.807) is 25.7 Å². The molecule has 10 heavy (non-hydrogen) atoms. The molecule has 0 aromatic carbocycles. The fourth-order valence-corrected chi connectivity index (χ4v) is 0.744. The van der Waals surface area contributed by atoms with E-state index in [0.29, 0.717) is 5.56 Å². The number of hydrogen-bond acceptors (Lipinski definition) is 1. The third-order valence-electron chi connectivity index (χ3n) is 1.39. The summed E-state index contributed by atoms with van der Waals surface area (Å²) in [7, 11) is 3.50. The molecule has 1 heterocycles. The summed E-state index contributed by atoms with van der Waals surface area (Å²) in [5, 5.41) is 0. The first kappa shape index (κ1) is 9.63. The average Bonchev–Trinajstić information content (AvgIpc) is 1.98. The van der Waals surface area contributed by atoms with E-state index in [1.165, 1.54) is 4.68 Å². The van der Waals surface area contributed by atoms with Crippen molar-refractivity contribution in [2.24, 2.45) is 14.1 Å². The molecule has 59 valence electrons. The zero-order chi connectivity index (χ0) is 7.02. The van der Waals surface area contributed by atoms with Gasteiger partial charge in [0, 0.05) is 33.6 Å². The molecule has 0 aliphatic rings. The predicted molar refractivity (Wildman–Crippen MR) is 34.2 cm³/mol. The Hall–Kier alpha value is -0.367. The fraction of sp³-hybridized carbons (Fsp3) is 0.500.